The summed E-state index contributed by atoms with van der Waals surface area (Å²) < 4.78 is 33.2. The lowest BCUT2D eigenvalue weighted by Gasteiger charge is -2.10. The standard InChI is InChI=1S/C23H18N4O3S/c24-14-17-9-11-19(12-10-17)22-15-25-23(30-22)26-20-7-4-8-21(13-20)27-31(28,29)16-18-5-2-1-3-6-18/h1-13,15,27H,16H2,(H,25,26). The summed E-state index contributed by atoms with van der Waals surface area (Å²) in [5.41, 5.74) is 3.11. The fourth-order valence-electron chi connectivity index (χ4n) is 2.97. The summed E-state index contributed by atoms with van der Waals surface area (Å²) in [6.07, 6.45) is 1.58. The molecule has 4 aromatic rings. The van der Waals surface area contributed by atoms with Gasteiger partial charge < -0.3 is 9.73 Å². The van der Waals surface area contributed by atoms with Crippen molar-refractivity contribution in [3.8, 4) is 17.4 Å². The topological polar surface area (TPSA) is 108 Å². The van der Waals surface area contributed by atoms with Gasteiger partial charge in [0.05, 0.1) is 29.3 Å². The number of rotatable bonds is 7. The van der Waals surface area contributed by atoms with Crippen molar-refractivity contribution in [1.82, 2.24) is 4.98 Å². The van der Waals surface area contributed by atoms with Crippen molar-refractivity contribution in [3.05, 3.63) is 96.2 Å². The van der Waals surface area contributed by atoms with Crippen molar-refractivity contribution in [2.75, 3.05) is 10.0 Å². The van der Waals surface area contributed by atoms with Crippen LogP contribution in [0.1, 0.15) is 11.1 Å². The third-order valence-corrected chi connectivity index (χ3v) is 5.65. The monoisotopic (exact) mass is 430 g/mol. The highest BCUT2D eigenvalue weighted by Crippen LogP contribution is 2.26. The van der Waals surface area contributed by atoms with Crippen LogP contribution in [-0.4, -0.2) is 13.4 Å². The quantitative estimate of drug-likeness (QED) is 0.432. The summed E-state index contributed by atoms with van der Waals surface area (Å²) in [5, 5.41) is 11.9. The van der Waals surface area contributed by atoms with E-state index in [1.54, 1.807) is 79.0 Å². The minimum Gasteiger partial charge on any atom is -0.423 e. The predicted octanol–water partition coefficient (Wildman–Crippen LogP) is 4.90. The molecule has 7 nitrogen and oxygen atoms in total. The molecule has 2 N–H and O–H groups in total. The first-order valence-electron chi connectivity index (χ1n) is 9.39. The molecule has 0 aliphatic rings. The van der Waals surface area contributed by atoms with E-state index in [0.29, 0.717) is 28.3 Å². The van der Waals surface area contributed by atoms with Crippen molar-refractivity contribution < 1.29 is 12.8 Å². The van der Waals surface area contributed by atoms with E-state index in [0.717, 1.165) is 5.56 Å². The molecule has 0 unspecified atom stereocenters. The van der Waals surface area contributed by atoms with Gasteiger partial charge in [-0.25, -0.2) is 13.4 Å². The van der Waals surface area contributed by atoms with E-state index in [1.807, 2.05) is 6.07 Å². The maximum atomic E-state index is 12.5. The lowest BCUT2D eigenvalue weighted by Crippen LogP contribution is -2.15. The third-order valence-electron chi connectivity index (χ3n) is 4.39. The molecule has 0 radical (unpaired) electrons. The molecule has 0 spiro atoms. The number of anilines is 3. The van der Waals surface area contributed by atoms with Crippen molar-refractivity contribution >= 4 is 27.4 Å². The molecule has 0 bridgehead atoms. The first-order chi connectivity index (χ1) is 15.0. The Labute approximate surface area is 180 Å². The zero-order valence-corrected chi connectivity index (χ0v) is 17.1. The summed E-state index contributed by atoms with van der Waals surface area (Å²) >= 11 is 0. The van der Waals surface area contributed by atoms with E-state index in [-0.39, 0.29) is 11.8 Å². The van der Waals surface area contributed by atoms with Crippen molar-refractivity contribution in [3.63, 3.8) is 0 Å². The maximum Gasteiger partial charge on any atom is 0.299 e. The first-order valence-corrected chi connectivity index (χ1v) is 11.0. The van der Waals surface area contributed by atoms with Crippen LogP contribution in [0, 0.1) is 11.3 Å². The number of hydrogen-bond donors (Lipinski definition) is 2. The van der Waals surface area contributed by atoms with E-state index in [4.69, 9.17) is 9.68 Å². The third kappa shape index (κ3) is 5.29. The Kier molecular flexibility index (Phi) is 5.69. The van der Waals surface area contributed by atoms with Crippen LogP contribution in [-0.2, 0) is 15.8 Å². The van der Waals surface area contributed by atoms with Gasteiger partial charge in [-0.1, -0.05) is 36.4 Å². The summed E-state index contributed by atoms with van der Waals surface area (Å²) in [5.74, 6) is 0.436. The Balaban J connectivity index is 1.45. The molecule has 0 aliphatic carbocycles. The van der Waals surface area contributed by atoms with Crippen molar-refractivity contribution in [2.24, 2.45) is 0 Å². The summed E-state index contributed by atoms with van der Waals surface area (Å²) in [4.78, 5) is 4.21. The number of nitriles is 1. The van der Waals surface area contributed by atoms with Crippen molar-refractivity contribution in [1.29, 1.82) is 5.26 Å². The highest BCUT2D eigenvalue weighted by atomic mass is 32.2. The second-order valence-electron chi connectivity index (χ2n) is 6.77. The minimum absolute atomic E-state index is 0.112. The lowest BCUT2D eigenvalue weighted by atomic mass is 10.1. The van der Waals surface area contributed by atoms with Crippen molar-refractivity contribution in [2.45, 2.75) is 5.75 Å². The Morgan fingerprint density at radius 3 is 2.42 bits per heavy atom. The fourth-order valence-corrected chi connectivity index (χ4v) is 4.16. The van der Waals surface area contributed by atoms with Crippen LogP contribution in [0.4, 0.5) is 17.4 Å². The normalized spacial score (nSPS) is 10.9. The van der Waals surface area contributed by atoms with Crippen LogP contribution >= 0.6 is 0 Å². The molecule has 0 atom stereocenters. The fraction of sp³-hybridized carbons (Fsp3) is 0.0435. The zero-order valence-electron chi connectivity index (χ0n) is 16.3. The molecular weight excluding hydrogens is 412 g/mol. The van der Waals surface area contributed by atoms with E-state index in [9.17, 15) is 8.42 Å². The van der Waals surface area contributed by atoms with Gasteiger partial charge in [-0.2, -0.15) is 5.26 Å². The number of aromatic nitrogens is 1. The lowest BCUT2D eigenvalue weighted by molar-refractivity contribution is 0.592. The van der Waals surface area contributed by atoms with Gasteiger partial charge >= 0.3 is 0 Å². The number of sulfonamides is 1. The highest BCUT2D eigenvalue weighted by molar-refractivity contribution is 7.91. The van der Waals surface area contributed by atoms with Gasteiger partial charge in [0.2, 0.25) is 10.0 Å². The van der Waals surface area contributed by atoms with Gasteiger partial charge in [0, 0.05) is 11.3 Å². The van der Waals surface area contributed by atoms with Gasteiger partial charge in [-0.15, -0.1) is 0 Å². The molecule has 0 saturated carbocycles. The molecule has 0 saturated heterocycles. The number of oxazole rings is 1. The van der Waals surface area contributed by atoms with Crippen LogP contribution in [0.2, 0.25) is 0 Å². The van der Waals surface area contributed by atoms with E-state index >= 15 is 0 Å². The molecule has 1 aromatic heterocycles. The molecule has 1 heterocycles. The van der Waals surface area contributed by atoms with E-state index < -0.39 is 10.0 Å². The van der Waals surface area contributed by atoms with E-state index in [1.165, 1.54) is 0 Å². The molecule has 0 amide bonds. The largest absolute Gasteiger partial charge is 0.423 e. The molecule has 154 valence electrons. The van der Waals surface area contributed by atoms with Gasteiger partial charge in [0.25, 0.3) is 6.01 Å². The summed E-state index contributed by atoms with van der Waals surface area (Å²) in [6.45, 7) is 0. The highest BCUT2D eigenvalue weighted by Gasteiger charge is 2.12. The number of nitrogens with zero attached hydrogens (tertiary/aromatic N) is 2. The summed E-state index contributed by atoms with van der Waals surface area (Å²) in [6, 6.07) is 25.1. The van der Waals surface area contributed by atoms with Gasteiger partial charge in [0.1, 0.15) is 0 Å². The molecule has 31 heavy (non-hydrogen) atoms. The predicted molar refractivity (Wildman–Crippen MR) is 119 cm³/mol. The number of benzene rings is 3. The van der Waals surface area contributed by atoms with Crippen LogP contribution < -0.4 is 10.0 Å². The second-order valence-corrected chi connectivity index (χ2v) is 8.49. The van der Waals surface area contributed by atoms with Gasteiger partial charge in [0.15, 0.2) is 5.76 Å². The van der Waals surface area contributed by atoms with Crippen LogP contribution in [0.15, 0.2) is 89.5 Å². The number of hydrogen-bond acceptors (Lipinski definition) is 6. The summed E-state index contributed by atoms with van der Waals surface area (Å²) in [7, 11) is -3.55. The maximum absolute atomic E-state index is 12.5. The first kappa shape index (κ1) is 20.2. The molecule has 0 fully saturated rings. The minimum atomic E-state index is -3.55. The Morgan fingerprint density at radius 1 is 0.935 bits per heavy atom. The molecule has 8 heteroatoms. The molecule has 0 aliphatic heterocycles. The molecular formula is C23H18N4O3S. The Bertz CT molecular complexity index is 1330. The van der Waals surface area contributed by atoms with Crippen LogP contribution in [0.5, 0.6) is 0 Å². The van der Waals surface area contributed by atoms with Gasteiger partial charge in [-0.05, 0) is 48.0 Å². The van der Waals surface area contributed by atoms with Crippen LogP contribution in [0.3, 0.4) is 0 Å². The zero-order chi connectivity index (χ0) is 21.7. The SMILES string of the molecule is N#Cc1ccc(-c2cnc(Nc3cccc(NS(=O)(=O)Cc4ccccc4)c3)o2)cc1. The Hall–Kier alpha value is -4.09. The average Bonchev–Trinajstić information content (AvgIpc) is 3.22. The molecule has 3 aromatic carbocycles. The average molecular weight is 430 g/mol. The Morgan fingerprint density at radius 2 is 1.68 bits per heavy atom. The van der Waals surface area contributed by atoms with E-state index in [2.05, 4.69) is 21.1 Å². The number of nitrogens with one attached hydrogen (secondary N) is 2. The second kappa shape index (κ2) is 8.73. The van der Waals surface area contributed by atoms with Crippen LogP contribution in [0.25, 0.3) is 11.3 Å². The van der Waals surface area contributed by atoms with Gasteiger partial charge in [-0.3, -0.25) is 4.72 Å². The molecule has 4 rings (SSSR count). The smallest absolute Gasteiger partial charge is 0.299 e.